The minimum atomic E-state index is 0.170. The van der Waals surface area contributed by atoms with Crippen molar-refractivity contribution in [3.63, 3.8) is 0 Å². The van der Waals surface area contributed by atoms with Gasteiger partial charge in [-0.05, 0) is 17.5 Å². The summed E-state index contributed by atoms with van der Waals surface area (Å²) in [6, 6.07) is 8.49. The summed E-state index contributed by atoms with van der Waals surface area (Å²) in [4.78, 5) is 0. The Hall–Kier alpha value is 1.30. The van der Waals surface area contributed by atoms with Crippen LogP contribution in [0.3, 0.4) is 0 Å². The van der Waals surface area contributed by atoms with Gasteiger partial charge in [-0.2, -0.15) is 0 Å². The molecule has 0 bridgehead atoms. The summed E-state index contributed by atoms with van der Waals surface area (Å²) in [5.41, 5.74) is 4.17. The van der Waals surface area contributed by atoms with E-state index in [2.05, 4.69) is 79.8 Å². The van der Waals surface area contributed by atoms with Gasteiger partial charge in [-0.3, -0.25) is 0 Å². The molecule has 0 aliphatic heterocycles. The Balaban J connectivity index is 0.000000293. The second kappa shape index (κ2) is 7.56. The fraction of sp³-hybridized carbons (Fsp3) is 0.182. The molecule has 0 heterocycles. The van der Waals surface area contributed by atoms with Crippen molar-refractivity contribution in [2.75, 3.05) is 0 Å². The molecule has 1 radical (unpaired) electrons. The molecule has 1 aromatic carbocycles. The molecular weight excluding hydrogens is 477 g/mol. The van der Waals surface area contributed by atoms with Gasteiger partial charge in [0.15, 0.2) is 0 Å². The van der Waals surface area contributed by atoms with Gasteiger partial charge < -0.3 is 0 Å². The zero-order chi connectivity index (χ0) is 10.4. The Labute approximate surface area is 116 Å². The third kappa shape index (κ3) is 4.05. The average Bonchev–Trinajstić information content (AvgIpc) is 2.61. The van der Waals surface area contributed by atoms with Gasteiger partial charge >= 0.3 is 50.9 Å². The van der Waals surface area contributed by atoms with Gasteiger partial charge in [0.2, 0.25) is 0 Å². The van der Waals surface area contributed by atoms with E-state index >= 15 is 0 Å². The van der Waals surface area contributed by atoms with Crippen LogP contribution in [0.1, 0.15) is 24.5 Å². The molecule has 0 aromatic heterocycles. The van der Waals surface area contributed by atoms with E-state index < -0.39 is 0 Å². The van der Waals surface area contributed by atoms with E-state index in [1.807, 2.05) is 0 Å². The summed E-state index contributed by atoms with van der Waals surface area (Å²) >= 11 is 5.06. The normalized spacial score (nSPS) is 12.4. The molecule has 0 amide bonds. The van der Waals surface area contributed by atoms with Crippen LogP contribution in [0.2, 0.25) is 0 Å². The van der Waals surface area contributed by atoms with Crippen molar-refractivity contribution in [1.29, 1.82) is 0 Å². The first-order valence-electron chi connectivity index (χ1n) is 4.42. The Bertz CT molecular complexity index is 321. The Morgan fingerprint density at radius 3 is 2.21 bits per heavy atom. The third-order valence-electron chi connectivity index (χ3n) is 2.09. The zero-order valence-corrected chi connectivity index (χ0v) is 14.7. The van der Waals surface area contributed by atoms with Gasteiger partial charge in [-0.1, -0.05) is 42.8 Å². The summed E-state index contributed by atoms with van der Waals surface area (Å²) in [6.07, 6.45) is 5.65. The minimum absolute atomic E-state index is 0.170. The molecule has 1 aromatic rings. The first-order valence-corrected chi connectivity index (χ1v) is 19.0. The first-order chi connectivity index (χ1) is 6.81. The second-order valence-corrected chi connectivity index (χ2v) is 21.9. The molecule has 14 heavy (non-hydrogen) atoms. The van der Waals surface area contributed by atoms with Crippen molar-refractivity contribution in [2.45, 2.75) is 13.3 Å². The van der Waals surface area contributed by atoms with Crippen LogP contribution in [0.15, 0.2) is 29.8 Å². The first kappa shape index (κ1) is 13.4. The van der Waals surface area contributed by atoms with E-state index in [9.17, 15) is 0 Å². The van der Waals surface area contributed by atoms with Crippen molar-refractivity contribution in [2.24, 2.45) is 0 Å². The van der Waals surface area contributed by atoms with Gasteiger partial charge in [0.25, 0.3) is 0 Å². The fourth-order valence-electron chi connectivity index (χ4n) is 1.42. The van der Waals surface area contributed by atoms with Crippen LogP contribution in [0.25, 0.3) is 6.08 Å². The molecule has 2 rings (SSSR count). The summed E-state index contributed by atoms with van der Waals surface area (Å²) < 4.78 is 0. The summed E-state index contributed by atoms with van der Waals surface area (Å²) in [7, 11) is 0. The van der Waals surface area contributed by atoms with E-state index in [1.54, 1.807) is 0 Å². The van der Waals surface area contributed by atoms with Crippen LogP contribution in [-0.2, 0) is 14.9 Å². The molecule has 0 saturated heterocycles. The van der Waals surface area contributed by atoms with Crippen molar-refractivity contribution in [3.8, 4) is 0 Å². The van der Waals surface area contributed by atoms with Gasteiger partial charge in [-0.25, -0.2) is 0 Å². The average molecular weight is 488 g/mol. The van der Waals surface area contributed by atoms with Crippen molar-refractivity contribution >= 4 is 42.2 Å². The van der Waals surface area contributed by atoms with Gasteiger partial charge in [0.1, 0.15) is 0 Å². The predicted octanol–water partition coefficient (Wildman–Crippen LogP) is 4.81. The predicted molar refractivity (Wildman–Crippen MR) is 76.2 cm³/mol. The molecule has 0 atom stereocenters. The SMILES string of the molecule is CCC1=Cc2ccccc2[CH]1.[I][Zr][I]. The molecule has 0 nitrogen and oxygen atoms in total. The molecule has 1 aliphatic carbocycles. The number of hydrogen-bond acceptors (Lipinski definition) is 0. The summed E-state index contributed by atoms with van der Waals surface area (Å²) in [5, 5.41) is 0. The van der Waals surface area contributed by atoms with Crippen LogP contribution >= 0.6 is 36.1 Å². The topological polar surface area (TPSA) is 0 Å². The van der Waals surface area contributed by atoms with Crippen LogP contribution in [0, 0.1) is 6.42 Å². The standard InChI is InChI=1S/C11H11.2HI.Zr/c1-2-9-7-10-5-3-4-6-11(10)8-9;;;/h3-8H,2H2,1H3;2*1H;/q;;;+2/p-2. The van der Waals surface area contributed by atoms with E-state index in [-0.39, 0.29) is 14.9 Å². The Kier molecular flexibility index (Phi) is 7.22. The molecule has 1 aliphatic rings. The monoisotopic (exact) mass is 487 g/mol. The van der Waals surface area contributed by atoms with Crippen molar-refractivity contribution in [3.05, 3.63) is 47.4 Å². The number of hydrogen-bond donors (Lipinski definition) is 0. The molecule has 0 saturated carbocycles. The molecule has 0 spiro atoms. The van der Waals surface area contributed by atoms with Crippen LogP contribution in [0.4, 0.5) is 0 Å². The van der Waals surface area contributed by atoms with Crippen molar-refractivity contribution < 1.29 is 14.9 Å². The van der Waals surface area contributed by atoms with Crippen LogP contribution in [0.5, 0.6) is 0 Å². The fourth-order valence-corrected chi connectivity index (χ4v) is 1.42. The number of halogens is 2. The molecule has 0 N–H and O–H groups in total. The zero-order valence-electron chi connectivity index (χ0n) is 7.93. The maximum absolute atomic E-state index is 2.45. The molecule has 0 unspecified atom stereocenters. The molecule has 73 valence electrons. The quantitative estimate of drug-likeness (QED) is 0.498. The van der Waals surface area contributed by atoms with Crippen molar-refractivity contribution in [1.82, 2.24) is 0 Å². The van der Waals surface area contributed by atoms with Gasteiger partial charge in [0.05, 0.1) is 0 Å². The summed E-state index contributed by atoms with van der Waals surface area (Å²) in [5.74, 6) is 0. The summed E-state index contributed by atoms with van der Waals surface area (Å²) in [6.45, 7) is 2.19. The second-order valence-electron chi connectivity index (χ2n) is 2.92. The molecule has 0 fully saturated rings. The van der Waals surface area contributed by atoms with E-state index in [0.717, 1.165) is 6.42 Å². The van der Waals surface area contributed by atoms with E-state index in [1.165, 1.54) is 16.7 Å². The Morgan fingerprint density at radius 1 is 1.14 bits per heavy atom. The number of benzene rings is 1. The number of allylic oxidation sites excluding steroid dienone is 1. The Morgan fingerprint density at radius 2 is 1.71 bits per heavy atom. The van der Waals surface area contributed by atoms with Crippen LogP contribution in [-0.4, -0.2) is 0 Å². The van der Waals surface area contributed by atoms with E-state index in [0.29, 0.717) is 0 Å². The van der Waals surface area contributed by atoms with E-state index in [4.69, 9.17) is 0 Å². The number of rotatable bonds is 1. The molecular formula is C11H11I2Zr. The third-order valence-corrected chi connectivity index (χ3v) is 2.09. The van der Waals surface area contributed by atoms with Crippen LogP contribution < -0.4 is 0 Å². The maximum atomic E-state index is 2.45. The van der Waals surface area contributed by atoms with Gasteiger partial charge in [0, 0.05) is 6.42 Å². The number of fused-ring (bicyclic) bond motifs is 1. The van der Waals surface area contributed by atoms with Gasteiger partial charge in [-0.15, -0.1) is 0 Å². The molecule has 3 heteroatoms.